The fraction of sp³-hybridized carbons (Fsp3) is 0.323. The second-order valence-corrected chi connectivity index (χ2v) is 10.4. The Kier molecular flexibility index (Phi) is 7.17. The highest BCUT2D eigenvalue weighted by atomic mass is 35.5. The fourth-order valence-electron chi connectivity index (χ4n) is 5.81. The van der Waals surface area contributed by atoms with E-state index in [1.807, 2.05) is 24.3 Å². The first-order valence-corrected chi connectivity index (χ1v) is 13.2. The number of aromatic nitrogens is 1. The van der Waals surface area contributed by atoms with Crippen molar-refractivity contribution >= 4 is 22.4 Å². The molecule has 1 atom stereocenters. The molecule has 4 aromatic rings. The van der Waals surface area contributed by atoms with Crippen molar-refractivity contribution in [2.24, 2.45) is 5.73 Å². The van der Waals surface area contributed by atoms with Gasteiger partial charge in [0.1, 0.15) is 5.75 Å². The van der Waals surface area contributed by atoms with Gasteiger partial charge in [-0.25, -0.2) is 0 Å². The second-order valence-electron chi connectivity index (χ2n) is 9.99. The Morgan fingerprint density at radius 1 is 1.03 bits per heavy atom. The van der Waals surface area contributed by atoms with Gasteiger partial charge in [0.2, 0.25) is 0 Å². The summed E-state index contributed by atoms with van der Waals surface area (Å²) in [6.45, 7) is 2.17. The lowest BCUT2D eigenvalue weighted by Crippen LogP contribution is -2.48. The zero-order valence-corrected chi connectivity index (χ0v) is 21.4. The van der Waals surface area contributed by atoms with E-state index in [0.29, 0.717) is 22.6 Å². The van der Waals surface area contributed by atoms with E-state index in [-0.39, 0.29) is 23.1 Å². The number of nitrogens with one attached hydrogen (secondary N) is 1. The average molecular weight is 501 g/mol. The molecule has 0 unspecified atom stereocenters. The van der Waals surface area contributed by atoms with Crippen LogP contribution in [0.3, 0.4) is 0 Å². The molecule has 1 heterocycles. The zero-order valence-electron chi connectivity index (χ0n) is 20.7. The Hall–Kier alpha value is -3.08. The molecule has 0 bridgehead atoms. The summed E-state index contributed by atoms with van der Waals surface area (Å²) in [6.07, 6.45) is 7.27. The minimum Gasteiger partial charge on any atom is -0.489 e. The molecule has 1 aliphatic carbocycles. The normalized spacial score (nSPS) is 20.8. The topological polar surface area (TPSA) is 68.1 Å². The molecule has 3 aromatic carbocycles. The van der Waals surface area contributed by atoms with E-state index < -0.39 is 0 Å². The van der Waals surface area contributed by atoms with Crippen LogP contribution in [0, 0.1) is 0 Å². The number of benzene rings is 3. The predicted octanol–water partition coefficient (Wildman–Crippen LogP) is 6.77. The molecule has 1 fully saturated rings. The summed E-state index contributed by atoms with van der Waals surface area (Å²) < 4.78 is 6.50. The van der Waals surface area contributed by atoms with Gasteiger partial charge in [-0.3, -0.25) is 4.79 Å². The summed E-state index contributed by atoms with van der Waals surface area (Å²) in [6, 6.07) is 24.7. The smallest absolute Gasteiger partial charge is 0.255 e. The van der Waals surface area contributed by atoms with Crippen molar-refractivity contribution in [3.8, 4) is 5.75 Å². The number of hydrogen-bond donors (Lipinski definition) is 2. The monoisotopic (exact) mass is 500 g/mol. The summed E-state index contributed by atoms with van der Waals surface area (Å²) in [4.78, 5) is 15.4. The first-order valence-electron chi connectivity index (χ1n) is 12.9. The third-order valence-electron chi connectivity index (χ3n) is 7.89. The molecule has 5 rings (SSSR count). The maximum atomic E-state index is 12.6. The lowest BCUT2D eigenvalue weighted by atomic mass is 9.64. The van der Waals surface area contributed by atoms with Crippen LogP contribution < -0.4 is 16.0 Å². The second kappa shape index (κ2) is 10.5. The van der Waals surface area contributed by atoms with E-state index >= 15 is 0 Å². The molecule has 0 amide bonds. The maximum Gasteiger partial charge on any atom is 0.255 e. The highest BCUT2D eigenvalue weighted by Gasteiger charge is 2.41. The summed E-state index contributed by atoms with van der Waals surface area (Å²) >= 11 is 6.63. The van der Waals surface area contributed by atoms with Crippen molar-refractivity contribution in [3.05, 3.63) is 111 Å². The van der Waals surface area contributed by atoms with Gasteiger partial charge in [0.15, 0.2) is 0 Å². The van der Waals surface area contributed by atoms with Gasteiger partial charge in [0.05, 0.1) is 11.1 Å². The standard InChI is InChI=1S/C31H33ClN2O2/c1-2-29(33)31(23-11-7-4-8-12-23)15-13-24(14-16-31)36-28-19-25-22(17-21-9-5-3-6-10-21)20-34-30(35)26(25)18-27(28)32/h3-12,18-20,24,29H,2,13-17,33H2,1H3,(H,34,35)/t24?,29-,31?/m1/s1. The summed E-state index contributed by atoms with van der Waals surface area (Å²) in [5.41, 5.74) is 10.1. The molecule has 0 saturated heterocycles. The van der Waals surface area contributed by atoms with Crippen LogP contribution in [0.25, 0.3) is 10.8 Å². The van der Waals surface area contributed by atoms with Crippen LogP contribution in [0.1, 0.15) is 55.7 Å². The Bertz CT molecular complexity index is 1380. The number of rotatable bonds is 7. The fourth-order valence-corrected chi connectivity index (χ4v) is 6.01. The summed E-state index contributed by atoms with van der Waals surface area (Å²) in [5.74, 6) is 0.640. The van der Waals surface area contributed by atoms with Crippen LogP contribution >= 0.6 is 11.6 Å². The van der Waals surface area contributed by atoms with Crippen molar-refractivity contribution < 1.29 is 4.74 Å². The minimum atomic E-state index is -0.144. The largest absolute Gasteiger partial charge is 0.489 e. The highest BCUT2D eigenvalue weighted by Crippen LogP contribution is 2.44. The molecule has 0 radical (unpaired) electrons. The molecule has 1 aliphatic rings. The molecule has 3 N–H and O–H groups in total. The molecular formula is C31H33ClN2O2. The van der Waals surface area contributed by atoms with Crippen LogP contribution in [0.5, 0.6) is 5.75 Å². The van der Waals surface area contributed by atoms with E-state index in [1.54, 1.807) is 12.3 Å². The van der Waals surface area contributed by atoms with Gasteiger partial charge in [0, 0.05) is 23.0 Å². The van der Waals surface area contributed by atoms with Gasteiger partial charge in [-0.05, 0) is 72.7 Å². The number of ether oxygens (including phenoxy) is 1. The van der Waals surface area contributed by atoms with Gasteiger partial charge < -0.3 is 15.5 Å². The van der Waals surface area contributed by atoms with Crippen molar-refractivity contribution in [1.82, 2.24) is 4.98 Å². The molecule has 0 spiro atoms. The molecule has 0 aliphatic heterocycles. The van der Waals surface area contributed by atoms with Gasteiger partial charge >= 0.3 is 0 Å². The van der Waals surface area contributed by atoms with Crippen molar-refractivity contribution in [3.63, 3.8) is 0 Å². The van der Waals surface area contributed by atoms with Gasteiger partial charge in [0.25, 0.3) is 5.56 Å². The Morgan fingerprint density at radius 3 is 2.36 bits per heavy atom. The number of hydrogen-bond acceptors (Lipinski definition) is 3. The Morgan fingerprint density at radius 2 is 1.69 bits per heavy atom. The van der Waals surface area contributed by atoms with E-state index in [1.165, 1.54) is 11.1 Å². The number of halogens is 1. The van der Waals surface area contributed by atoms with Gasteiger partial charge in [-0.15, -0.1) is 0 Å². The van der Waals surface area contributed by atoms with Crippen molar-refractivity contribution in [2.75, 3.05) is 0 Å². The first-order chi connectivity index (χ1) is 17.5. The Balaban J connectivity index is 1.40. The van der Waals surface area contributed by atoms with Crippen LogP contribution in [-0.2, 0) is 11.8 Å². The van der Waals surface area contributed by atoms with Gasteiger partial charge in [-0.2, -0.15) is 0 Å². The molecule has 36 heavy (non-hydrogen) atoms. The molecule has 5 heteroatoms. The Labute approximate surface area is 217 Å². The molecule has 186 valence electrons. The molecular weight excluding hydrogens is 468 g/mol. The van der Waals surface area contributed by atoms with E-state index in [4.69, 9.17) is 22.1 Å². The third kappa shape index (κ3) is 4.80. The van der Waals surface area contributed by atoms with Crippen LogP contribution in [0.4, 0.5) is 0 Å². The van der Waals surface area contributed by atoms with E-state index in [2.05, 4.69) is 54.4 Å². The summed E-state index contributed by atoms with van der Waals surface area (Å²) in [7, 11) is 0. The highest BCUT2D eigenvalue weighted by molar-refractivity contribution is 6.32. The minimum absolute atomic E-state index is 0.0286. The molecule has 1 saturated carbocycles. The van der Waals surface area contributed by atoms with Gasteiger partial charge in [-0.1, -0.05) is 79.2 Å². The van der Waals surface area contributed by atoms with Crippen LogP contribution in [-0.4, -0.2) is 17.1 Å². The third-order valence-corrected chi connectivity index (χ3v) is 8.19. The number of fused-ring (bicyclic) bond motifs is 1. The average Bonchev–Trinajstić information content (AvgIpc) is 2.92. The summed E-state index contributed by atoms with van der Waals surface area (Å²) in [5, 5.41) is 1.93. The van der Waals surface area contributed by atoms with Crippen LogP contribution in [0.15, 0.2) is 83.8 Å². The number of nitrogens with two attached hydrogens (primary N) is 1. The SMILES string of the molecule is CC[C@@H](N)C1(c2ccccc2)CCC(Oc2cc3c(Cc4ccccc4)c[nH]c(=O)c3cc2Cl)CC1. The first kappa shape index (κ1) is 24.6. The van der Waals surface area contributed by atoms with E-state index in [0.717, 1.165) is 43.1 Å². The number of H-pyrrole nitrogens is 1. The maximum absolute atomic E-state index is 12.6. The molecule has 4 nitrogen and oxygen atoms in total. The van der Waals surface area contributed by atoms with E-state index in [9.17, 15) is 4.79 Å². The lowest BCUT2D eigenvalue weighted by molar-refractivity contribution is 0.104. The quantitative estimate of drug-likeness (QED) is 0.294. The van der Waals surface area contributed by atoms with Crippen molar-refractivity contribution in [2.45, 2.75) is 63.0 Å². The molecule has 1 aromatic heterocycles. The zero-order chi connectivity index (χ0) is 25.1. The lowest BCUT2D eigenvalue weighted by Gasteiger charge is -2.44. The number of aromatic amines is 1. The predicted molar refractivity (Wildman–Crippen MR) is 148 cm³/mol. The van der Waals surface area contributed by atoms with Crippen molar-refractivity contribution in [1.29, 1.82) is 0 Å². The number of pyridine rings is 1. The van der Waals surface area contributed by atoms with Crippen LogP contribution in [0.2, 0.25) is 5.02 Å².